The molecule has 0 unspecified atom stereocenters. The number of ether oxygens (including phenoxy) is 3. The molecule has 0 saturated carbocycles. The summed E-state index contributed by atoms with van der Waals surface area (Å²) >= 11 is 0. The number of rotatable bonds is 13. The van der Waals surface area contributed by atoms with E-state index in [0.29, 0.717) is 36.2 Å². The highest BCUT2D eigenvalue weighted by Crippen LogP contribution is 2.24. The molecule has 0 radical (unpaired) electrons. The van der Waals surface area contributed by atoms with Crippen molar-refractivity contribution in [2.75, 3.05) is 20.3 Å². The van der Waals surface area contributed by atoms with E-state index in [4.69, 9.17) is 14.2 Å². The van der Waals surface area contributed by atoms with E-state index in [-0.39, 0.29) is 12.0 Å². The Balaban J connectivity index is 1.53. The molecule has 0 bridgehead atoms. The van der Waals surface area contributed by atoms with Gasteiger partial charge in [0.1, 0.15) is 30.8 Å². The maximum atomic E-state index is 13.4. The molecule has 2 aromatic heterocycles. The van der Waals surface area contributed by atoms with Crippen molar-refractivity contribution in [3.05, 3.63) is 116 Å². The molecule has 2 heterocycles. The van der Waals surface area contributed by atoms with Gasteiger partial charge in [0.05, 0.1) is 18.4 Å². The molecule has 9 heteroatoms. The van der Waals surface area contributed by atoms with Crippen molar-refractivity contribution in [2.45, 2.75) is 12.5 Å². The minimum absolute atomic E-state index is 0.228. The molecule has 9 nitrogen and oxygen atoms in total. The van der Waals surface area contributed by atoms with E-state index >= 15 is 0 Å². The lowest BCUT2D eigenvalue weighted by molar-refractivity contribution is -0.142. The standard InChI is InChI=1S/C31H30N4O5/c1-4-18-39-24-13-11-22(12-14-24)20-28(31(37)38-3)33-30(36)26-10-7-16-32-29(26)35-17-15-27(34-35)23-8-6-9-25(21-23)40-19-5-2/h4-17,21,28H,1-2,18-20H2,3H3,(H,33,36)/t28-/m0/s1. The molecule has 2 aromatic carbocycles. The maximum Gasteiger partial charge on any atom is 0.328 e. The van der Waals surface area contributed by atoms with Gasteiger partial charge in [-0.1, -0.05) is 49.6 Å². The first-order valence-electron chi connectivity index (χ1n) is 12.6. The predicted octanol–water partition coefficient (Wildman–Crippen LogP) is 4.58. The number of esters is 1. The van der Waals surface area contributed by atoms with Crippen molar-refractivity contribution in [3.63, 3.8) is 0 Å². The fourth-order valence-electron chi connectivity index (χ4n) is 3.94. The van der Waals surface area contributed by atoms with Crippen LogP contribution in [0.5, 0.6) is 11.5 Å². The molecule has 0 spiro atoms. The number of hydrogen-bond acceptors (Lipinski definition) is 7. The minimum atomic E-state index is -0.919. The number of hydrogen-bond donors (Lipinski definition) is 1. The fourth-order valence-corrected chi connectivity index (χ4v) is 3.94. The van der Waals surface area contributed by atoms with Crippen molar-refractivity contribution in [3.8, 4) is 28.6 Å². The molecule has 40 heavy (non-hydrogen) atoms. The Morgan fingerprint density at radius 1 is 0.975 bits per heavy atom. The van der Waals surface area contributed by atoms with Crippen LogP contribution in [0.1, 0.15) is 15.9 Å². The van der Waals surface area contributed by atoms with Gasteiger partial charge in [0, 0.05) is 24.4 Å². The van der Waals surface area contributed by atoms with Crippen LogP contribution in [0.3, 0.4) is 0 Å². The smallest absolute Gasteiger partial charge is 0.328 e. The zero-order valence-corrected chi connectivity index (χ0v) is 22.2. The third-order valence-electron chi connectivity index (χ3n) is 5.86. The zero-order chi connectivity index (χ0) is 28.3. The molecule has 4 rings (SSSR count). The molecule has 1 atom stereocenters. The van der Waals surface area contributed by atoms with Crippen LogP contribution in [0.2, 0.25) is 0 Å². The number of carbonyl (C=O) groups excluding carboxylic acids is 2. The SMILES string of the molecule is C=CCOc1ccc(C[C@H](NC(=O)c2cccnc2-n2ccc(-c3cccc(OCC=C)c3)n2)C(=O)OC)cc1. The number of nitrogens with one attached hydrogen (secondary N) is 1. The lowest BCUT2D eigenvalue weighted by Gasteiger charge is -2.18. The predicted molar refractivity (Wildman–Crippen MR) is 152 cm³/mol. The van der Waals surface area contributed by atoms with E-state index in [1.165, 1.54) is 11.8 Å². The van der Waals surface area contributed by atoms with Gasteiger partial charge in [-0.25, -0.2) is 14.5 Å². The summed E-state index contributed by atoms with van der Waals surface area (Å²) < 4.78 is 17.6. The number of amides is 1. The first kappa shape index (κ1) is 27.8. The first-order chi connectivity index (χ1) is 19.5. The second-order valence-electron chi connectivity index (χ2n) is 8.64. The summed E-state index contributed by atoms with van der Waals surface area (Å²) in [5.41, 5.74) is 2.59. The average Bonchev–Trinajstić information content (AvgIpc) is 3.49. The molecular formula is C31H30N4O5. The number of methoxy groups -OCH3 is 1. The number of benzene rings is 2. The second-order valence-corrected chi connectivity index (χ2v) is 8.64. The molecule has 4 aromatic rings. The largest absolute Gasteiger partial charge is 0.490 e. The van der Waals surface area contributed by atoms with E-state index in [9.17, 15) is 9.59 Å². The van der Waals surface area contributed by atoms with E-state index in [0.717, 1.165) is 11.1 Å². The van der Waals surface area contributed by atoms with Crippen LogP contribution in [0.15, 0.2) is 104 Å². The summed E-state index contributed by atoms with van der Waals surface area (Å²) in [5, 5.41) is 7.43. The normalized spacial score (nSPS) is 11.2. The molecule has 0 aliphatic heterocycles. The summed E-state index contributed by atoms with van der Waals surface area (Å²) in [6.45, 7) is 8.09. The first-order valence-corrected chi connectivity index (χ1v) is 12.6. The number of aromatic nitrogens is 3. The summed E-state index contributed by atoms with van der Waals surface area (Å²) in [5.74, 6) is 0.638. The van der Waals surface area contributed by atoms with Crippen molar-refractivity contribution in [1.82, 2.24) is 20.1 Å². The molecule has 0 aliphatic rings. The van der Waals surface area contributed by atoms with Crippen LogP contribution in [0.4, 0.5) is 0 Å². The van der Waals surface area contributed by atoms with Crippen LogP contribution in [-0.4, -0.2) is 53.0 Å². The van der Waals surface area contributed by atoms with E-state index < -0.39 is 17.9 Å². The van der Waals surface area contributed by atoms with Crippen molar-refractivity contribution >= 4 is 11.9 Å². The van der Waals surface area contributed by atoms with Gasteiger partial charge < -0.3 is 19.5 Å². The van der Waals surface area contributed by atoms with Crippen molar-refractivity contribution in [2.24, 2.45) is 0 Å². The van der Waals surface area contributed by atoms with E-state index in [1.54, 1.807) is 48.8 Å². The van der Waals surface area contributed by atoms with Crippen LogP contribution < -0.4 is 14.8 Å². The van der Waals surface area contributed by atoms with Gasteiger partial charge in [-0.15, -0.1) is 0 Å². The van der Waals surface area contributed by atoms with Crippen molar-refractivity contribution in [1.29, 1.82) is 0 Å². The average molecular weight is 539 g/mol. The van der Waals surface area contributed by atoms with Gasteiger partial charge in [0.2, 0.25) is 0 Å². The molecule has 0 saturated heterocycles. The Bertz CT molecular complexity index is 1480. The third kappa shape index (κ3) is 7.02. The Hall–Kier alpha value is -5.18. The third-order valence-corrected chi connectivity index (χ3v) is 5.86. The number of pyridine rings is 1. The number of nitrogens with zero attached hydrogens (tertiary/aromatic N) is 3. The fraction of sp³-hybridized carbons (Fsp3) is 0.161. The van der Waals surface area contributed by atoms with Crippen LogP contribution in [0, 0.1) is 0 Å². The lowest BCUT2D eigenvalue weighted by atomic mass is 10.1. The van der Waals surface area contributed by atoms with Gasteiger partial charge in [-0.2, -0.15) is 5.10 Å². The quantitative estimate of drug-likeness (QED) is 0.196. The highest BCUT2D eigenvalue weighted by molar-refractivity contribution is 5.99. The Morgan fingerprint density at radius 3 is 2.45 bits per heavy atom. The van der Waals surface area contributed by atoms with Gasteiger partial charge >= 0.3 is 5.97 Å². The van der Waals surface area contributed by atoms with Gasteiger partial charge in [0.15, 0.2) is 5.82 Å². The molecule has 204 valence electrons. The highest BCUT2D eigenvalue weighted by atomic mass is 16.5. The maximum absolute atomic E-state index is 13.4. The second kappa shape index (κ2) is 13.6. The Kier molecular flexibility index (Phi) is 9.44. The van der Waals surface area contributed by atoms with Gasteiger partial charge in [0.25, 0.3) is 5.91 Å². The van der Waals surface area contributed by atoms with Gasteiger partial charge in [-0.3, -0.25) is 4.79 Å². The molecule has 0 fully saturated rings. The highest BCUT2D eigenvalue weighted by Gasteiger charge is 2.25. The van der Waals surface area contributed by atoms with Crippen LogP contribution in [0.25, 0.3) is 17.1 Å². The molecular weight excluding hydrogens is 508 g/mol. The molecule has 0 aliphatic carbocycles. The summed E-state index contributed by atoms with van der Waals surface area (Å²) in [6.07, 6.45) is 6.86. The summed E-state index contributed by atoms with van der Waals surface area (Å²) in [6, 6.07) is 19.0. The van der Waals surface area contributed by atoms with E-state index in [2.05, 4.69) is 28.6 Å². The summed E-state index contributed by atoms with van der Waals surface area (Å²) in [7, 11) is 1.28. The van der Waals surface area contributed by atoms with Crippen LogP contribution >= 0.6 is 0 Å². The molecule has 1 N–H and O–H groups in total. The Morgan fingerprint density at radius 2 is 1.73 bits per heavy atom. The zero-order valence-electron chi connectivity index (χ0n) is 22.2. The summed E-state index contributed by atoms with van der Waals surface area (Å²) in [4.78, 5) is 30.4. The lowest BCUT2D eigenvalue weighted by Crippen LogP contribution is -2.43. The minimum Gasteiger partial charge on any atom is -0.490 e. The monoisotopic (exact) mass is 538 g/mol. The van der Waals surface area contributed by atoms with Gasteiger partial charge in [-0.05, 0) is 48.0 Å². The van der Waals surface area contributed by atoms with Crippen molar-refractivity contribution < 1.29 is 23.8 Å². The van der Waals surface area contributed by atoms with Crippen LogP contribution in [-0.2, 0) is 16.0 Å². The van der Waals surface area contributed by atoms with E-state index in [1.807, 2.05) is 42.5 Å². The number of carbonyl (C=O) groups is 2. The Labute approximate surface area is 232 Å². The molecule has 1 amide bonds. The topological polar surface area (TPSA) is 105 Å².